The lowest BCUT2D eigenvalue weighted by molar-refractivity contribution is -0.121. The second kappa shape index (κ2) is 8.41. The quantitative estimate of drug-likeness (QED) is 0.721. The second-order valence-corrected chi connectivity index (χ2v) is 6.66. The fourth-order valence-corrected chi connectivity index (χ4v) is 2.51. The molecule has 0 bridgehead atoms. The molecule has 5 nitrogen and oxygen atoms in total. The Morgan fingerprint density at radius 2 is 2.08 bits per heavy atom. The van der Waals surface area contributed by atoms with E-state index in [0.29, 0.717) is 16.6 Å². The molecule has 0 aliphatic carbocycles. The molecule has 24 heavy (non-hydrogen) atoms. The Morgan fingerprint density at radius 3 is 2.75 bits per heavy atom. The zero-order chi connectivity index (χ0) is 17.7. The molecular weight excluding hydrogens is 414 g/mol. The Hall–Kier alpha value is -1.70. The Kier molecular flexibility index (Phi) is 6.53. The van der Waals surface area contributed by atoms with Gasteiger partial charge in [-0.3, -0.25) is 10.1 Å². The fourth-order valence-electron chi connectivity index (χ4n) is 1.84. The van der Waals surface area contributed by atoms with Crippen molar-refractivity contribution in [3.63, 3.8) is 0 Å². The third-order valence-electron chi connectivity index (χ3n) is 3.01. The van der Waals surface area contributed by atoms with E-state index in [0.717, 1.165) is 15.7 Å². The van der Waals surface area contributed by atoms with Gasteiger partial charge in [0.25, 0.3) is 5.91 Å². The molecule has 0 atom stereocenters. The summed E-state index contributed by atoms with van der Waals surface area (Å²) in [5.74, 6) is 0.782. The van der Waals surface area contributed by atoms with Gasteiger partial charge in [-0.2, -0.15) is 0 Å². The SMILES string of the molecule is Cc1cc(Cl)ccc1OCC(=O)NC(=S)Nc1ccc(Br)c(C)n1. The summed E-state index contributed by atoms with van der Waals surface area (Å²) in [6.07, 6.45) is 0. The van der Waals surface area contributed by atoms with Crippen molar-refractivity contribution >= 4 is 56.6 Å². The van der Waals surface area contributed by atoms with E-state index in [1.165, 1.54) is 0 Å². The fraction of sp³-hybridized carbons (Fsp3) is 0.188. The van der Waals surface area contributed by atoms with E-state index in [-0.39, 0.29) is 17.6 Å². The van der Waals surface area contributed by atoms with Crippen molar-refractivity contribution in [2.75, 3.05) is 11.9 Å². The molecule has 0 aliphatic heterocycles. The van der Waals surface area contributed by atoms with Crippen molar-refractivity contribution in [1.29, 1.82) is 0 Å². The van der Waals surface area contributed by atoms with Gasteiger partial charge in [0.15, 0.2) is 11.7 Å². The van der Waals surface area contributed by atoms with Crippen molar-refractivity contribution in [1.82, 2.24) is 10.3 Å². The summed E-state index contributed by atoms with van der Waals surface area (Å²) in [5, 5.41) is 6.17. The summed E-state index contributed by atoms with van der Waals surface area (Å²) < 4.78 is 6.36. The van der Waals surface area contributed by atoms with Crippen LogP contribution in [-0.2, 0) is 4.79 Å². The maximum atomic E-state index is 11.9. The van der Waals surface area contributed by atoms with Crippen molar-refractivity contribution in [2.45, 2.75) is 13.8 Å². The van der Waals surface area contributed by atoms with Gasteiger partial charge in [0.05, 0.1) is 5.69 Å². The largest absolute Gasteiger partial charge is 0.483 e. The van der Waals surface area contributed by atoms with Crippen LogP contribution in [0, 0.1) is 13.8 Å². The number of nitrogens with zero attached hydrogens (tertiary/aromatic N) is 1. The summed E-state index contributed by atoms with van der Waals surface area (Å²) in [6.45, 7) is 3.56. The monoisotopic (exact) mass is 427 g/mol. The molecule has 0 radical (unpaired) electrons. The summed E-state index contributed by atoms with van der Waals surface area (Å²) in [4.78, 5) is 16.2. The lowest BCUT2D eigenvalue weighted by Gasteiger charge is -2.11. The lowest BCUT2D eigenvalue weighted by atomic mass is 10.2. The Bertz CT molecular complexity index is 786. The van der Waals surface area contributed by atoms with Gasteiger partial charge in [-0.05, 0) is 77.9 Å². The molecule has 1 aromatic carbocycles. The third kappa shape index (κ3) is 5.43. The van der Waals surface area contributed by atoms with E-state index in [9.17, 15) is 4.79 Å². The molecule has 0 unspecified atom stereocenters. The maximum absolute atomic E-state index is 11.9. The minimum atomic E-state index is -0.365. The zero-order valence-electron chi connectivity index (χ0n) is 13.0. The number of rotatable bonds is 4. The highest BCUT2D eigenvalue weighted by Gasteiger charge is 2.08. The van der Waals surface area contributed by atoms with Gasteiger partial charge in [-0.1, -0.05) is 11.6 Å². The molecule has 0 fully saturated rings. The maximum Gasteiger partial charge on any atom is 0.264 e. The molecule has 126 valence electrons. The Morgan fingerprint density at radius 1 is 1.33 bits per heavy atom. The smallest absolute Gasteiger partial charge is 0.264 e. The van der Waals surface area contributed by atoms with Gasteiger partial charge < -0.3 is 10.1 Å². The number of carbonyl (C=O) groups is 1. The van der Waals surface area contributed by atoms with Crippen LogP contribution in [-0.4, -0.2) is 22.6 Å². The number of thiocarbonyl (C=S) groups is 1. The average Bonchev–Trinajstić information content (AvgIpc) is 2.50. The van der Waals surface area contributed by atoms with Gasteiger partial charge in [-0.25, -0.2) is 4.98 Å². The van der Waals surface area contributed by atoms with Gasteiger partial charge in [-0.15, -0.1) is 0 Å². The number of halogens is 2. The van der Waals surface area contributed by atoms with Crippen LogP contribution >= 0.6 is 39.7 Å². The van der Waals surface area contributed by atoms with Crippen molar-refractivity contribution in [3.8, 4) is 5.75 Å². The number of aromatic nitrogens is 1. The van der Waals surface area contributed by atoms with Crippen LogP contribution < -0.4 is 15.4 Å². The number of nitrogens with one attached hydrogen (secondary N) is 2. The number of carbonyl (C=O) groups excluding carboxylic acids is 1. The van der Waals surface area contributed by atoms with Gasteiger partial charge >= 0.3 is 0 Å². The highest BCUT2D eigenvalue weighted by atomic mass is 79.9. The van der Waals surface area contributed by atoms with Crippen LogP contribution in [0.25, 0.3) is 0 Å². The molecule has 0 spiro atoms. The zero-order valence-corrected chi connectivity index (χ0v) is 16.2. The predicted molar refractivity (Wildman–Crippen MR) is 103 cm³/mol. The van der Waals surface area contributed by atoms with E-state index in [1.807, 2.05) is 19.9 Å². The van der Waals surface area contributed by atoms with Crippen LogP contribution in [0.15, 0.2) is 34.8 Å². The normalized spacial score (nSPS) is 10.2. The summed E-state index contributed by atoms with van der Waals surface area (Å²) in [6, 6.07) is 8.79. The number of ether oxygens (including phenoxy) is 1. The van der Waals surface area contributed by atoms with E-state index >= 15 is 0 Å². The third-order valence-corrected chi connectivity index (χ3v) is 4.29. The highest BCUT2D eigenvalue weighted by Crippen LogP contribution is 2.21. The molecule has 0 saturated carbocycles. The first-order valence-electron chi connectivity index (χ1n) is 6.98. The van der Waals surface area contributed by atoms with E-state index in [4.69, 9.17) is 28.6 Å². The molecule has 0 aliphatic rings. The van der Waals surface area contributed by atoms with Crippen LogP contribution in [0.3, 0.4) is 0 Å². The van der Waals surface area contributed by atoms with Crippen LogP contribution in [0.5, 0.6) is 5.75 Å². The van der Waals surface area contributed by atoms with Crippen LogP contribution in [0.2, 0.25) is 5.02 Å². The number of amides is 1. The molecular formula is C16H15BrClN3O2S. The first-order valence-corrected chi connectivity index (χ1v) is 8.56. The van der Waals surface area contributed by atoms with E-state index in [2.05, 4.69) is 31.5 Å². The van der Waals surface area contributed by atoms with Crippen molar-refractivity contribution < 1.29 is 9.53 Å². The standard InChI is InChI=1S/C16H15BrClN3O2S/c1-9-7-11(18)3-5-13(9)23-8-15(22)21-16(24)20-14-6-4-12(17)10(2)19-14/h3-7H,8H2,1-2H3,(H2,19,20,21,22,24). The van der Waals surface area contributed by atoms with Crippen molar-refractivity contribution in [3.05, 3.63) is 51.1 Å². The molecule has 8 heteroatoms. The first kappa shape index (κ1) is 18.6. The van der Waals surface area contributed by atoms with Gasteiger partial charge in [0, 0.05) is 9.50 Å². The Balaban J connectivity index is 1.85. The van der Waals surface area contributed by atoms with Crippen LogP contribution in [0.4, 0.5) is 5.82 Å². The lowest BCUT2D eigenvalue weighted by Crippen LogP contribution is -2.37. The minimum Gasteiger partial charge on any atom is -0.483 e. The Labute approximate surface area is 158 Å². The molecule has 1 aromatic heterocycles. The minimum absolute atomic E-state index is 0.156. The first-order chi connectivity index (χ1) is 11.3. The van der Waals surface area contributed by atoms with Crippen molar-refractivity contribution in [2.24, 2.45) is 0 Å². The topological polar surface area (TPSA) is 63.2 Å². The highest BCUT2D eigenvalue weighted by molar-refractivity contribution is 9.10. The second-order valence-electron chi connectivity index (χ2n) is 4.96. The van der Waals surface area contributed by atoms with E-state index in [1.54, 1.807) is 24.3 Å². The predicted octanol–water partition coefficient (Wildman–Crippen LogP) is 4.01. The summed E-state index contributed by atoms with van der Waals surface area (Å²) in [7, 11) is 0. The molecule has 2 rings (SSSR count). The molecule has 2 N–H and O–H groups in total. The van der Waals surface area contributed by atoms with Crippen LogP contribution in [0.1, 0.15) is 11.3 Å². The van der Waals surface area contributed by atoms with E-state index < -0.39 is 0 Å². The summed E-state index contributed by atoms with van der Waals surface area (Å²) >= 11 is 14.3. The average molecular weight is 429 g/mol. The number of aryl methyl sites for hydroxylation is 2. The number of anilines is 1. The number of hydrogen-bond acceptors (Lipinski definition) is 4. The number of hydrogen-bond donors (Lipinski definition) is 2. The molecule has 0 saturated heterocycles. The summed E-state index contributed by atoms with van der Waals surface area (Å²) in [5.41, 5.74) is 1.67. The molecule has 2 aromatic rings. The molecule has 1 amide bonds. The van der Waals surface area contributed by atoms with Gasteiger partial charge in [0.2, 0.25) is 0 Å². The molecule has 1 heterocycles. The number of pyridine rings is 1. The van der Waals surface area contributed by atoms with Gasteiger partial charge in [0.1, 0.15) is 11.6 Å². The number of benzene rings is 1.